The van der Waals surface area contributed by atoms with Crippen molar-refractivity contribution in [2.24, 2.45) is 0 Å². The summed E-state index contributed by atoms with van der Waals surface area (Å²) in [4.78, 5) is 2.00. The standard InChI is InChI=1S/C15H17F2NO2/c1-18(9-11-3-5-20-10-11)4-2-15(19)12-6-13(16)8-14(17)7-12/h3,5-8,10,15,19H,2,4,9H2,1H3. The van der Waals surface area contributed by atoms with E-state index in [1.165, 1.54) is 0 Å². The van der Waals surface area contributed by atoms with E-state index < -0.39 is 17.7 Å². The van der Waals surface area contributed by atoms with Crippen molar-refractivity contribution >= 4 is 0 Å². The average Bonchev–Trinajstić information content (AvgIpc) is 2.87. The molecule has 5 heteroatoms. The van der Waals surface area contributed by atoms with Crippen molar-refractivity contribution in [2.45, 2.75) is 19.1 Å². The van der Waals surface area contributed by atoms with Gasteiger partial charge in [0.2, 0.25) is 0 Å². The lowest BCUT2D eigenvalue weighted by molar-refractivity contribution is 0.147. The van der Waals surface area contributed by atoms with E-state index in [0.29, 0.717) is 19.5 Å². The van der Waals surface area contributed by atoms with Crippen LogP contribution in [0.1, 0.15) is 23.7 Å². The van der Waals surface area contributed by atoms with Crippen LogP contribution in [0, 0.1) is 11.6 Å². The van der Waals surface area contributed by atoms with Gasteiger partial charge in [-0.3, -0.25) is 0 Å². The van der Waals surface area contributed by atoms with Crippen molar-refractivity contribution in [3.8, 4) is 0 Å². The molecule has 2 rings (SSSR count). The van der Waals surface area contributed by atoms with Crippen molar-refractivity contribution in [3.05, 3.63) is 59.6 Å². The van der Waals surface area contributed by atoms with Gasteiger partial charge < -0.3 is 14.4 Å². The zero-order valence-electron chi connectivity index (χ0n) is 11.2. The molecule has 0 aliphatic rings. The molecule has 0 spiro atoms. The van der Waals surface area contributed by atoms with Crippen molar-refractivity contribution < 1.29 is 18.3 Å². The molecule has 1 heterocycles. The highest BCUT2D eigenvalue weighted by Gasteiger charge is 2.12. The van der Waals surface area contributed by atoms with E-state index in [9.17, 15) is 13.9 Å². The first kappa shape index (κ1) is 14.7. The summed E-state index contributed by atoms with van der Waals surface area (Å²) in [7, 11) is 1.91. The normalized spacial score (nSPS) is 12.8. The van der Waals surface area contributed by atoms with Crippen LogP contribution in [0.25, 0.3) is 0 Å². The largest absolute Gasteiger partial charge is 0.472 e. The van der Waals surface area contributed by atoms with Crippen molar-refractivity contribution in [2.75, 3.05) is 13.6 Å². The third-order valence-electron chi connectivity index (χ3n) is 3.09. The fraction of sp³-hybridized carbons (Fsp3) is 0.333. The smallest absolute Gasteiger partial charge is 0.126 e. The average molecular weight is 281 g/mol. The highest BCUT2D eigenvalue weighted by Crippen LogP contribution is 2.19. The van der Waals surface area contributed by atoms with E-state index in [4.69, 9.17) is 4.42 Å². The predicted octanol–water partition coefficient (Wildman–Crippen LogP) is 3.11. The lowest BCUT2D eigenvalue weighted by Gasteiger charge is -2.18. The van der Waals surface area contributed by atoms with Crippen LogP contribution in [0.4, 0.5) is 8.78 Å². The van der Waals surface area contributed by atoms with Gasteiger partial charge in [0.05, 0.1) is 18.6 Å². The van der Waals surface area contributed by atoms with Gasteiger partial charge in [0.1, 0.15) is 11.6 Å². The van der Waals surface area contributed by atoms with E-state index in [2.05, 4.69) is 0 Å². The van der Waals surface area contributed by atoms with Gasteiger partial charge in [-0.15, -0.1) is 0 Å². The molecule has 1 aromatic carbocycles. The topological polar surface area (TPSA) is 36.6 Å². The number of hydrogen-bond acceptors (Lipinski definition) is 3. The molecule has 0 fully saturated rings. The predicted molar refractivity (Wildman–Crippen MR) is 71.0 cm³/mol. The van der Waals surface area contributed by atoms with Crippen LogP contribution in [0.3, 0.4) is 0 Å². The van der Waals surface area contributed by atoms with E-state index in [1.807, 2.05) is 18.0 Å². The molecular formula is C15H17F2NO2. The number of aliphatic hydroxyl groups excluding tert-OH is 1. The van der Waals surface area contributed by atoms with Crippen LogP contribution in [-0.4, -0.2) is 23.6 Å². The molecule has 0 radical (unpaired) electrons. The van der Waals surface area contributed by atoms with E-state index in [1.54, 1.807) is 12.5 Å². The van der Waals surface area contributed by atoms with Crippen LogP contribution in [-0.2, 0) is 6.54 Å². The molecule has 3 nitrogen and oxygen atoms in total. The number of benzene rings is 1. The zero-order valence-corrected chi connectivity index (χ0v) is 11.2. The first-order chi connectivity index (χ1) is 9.54. The molecule has 0 bridgehead atoms. The Labute approximate surface area is 116 Å². The first-order valence-corrected chi connectivity index (χ1v) is 6.38. The molecule has 108 valence electrons. The van der Waals surface area contributed by atoms with Gasteiger partial charge in [-0.1, -0.05) is 0 Å². The molecule has 2 aromatic rings. The summed E-state index contributed by atoms with van der Waals surface area (Å²) >= 11 is 0. The van der Waals surface area contributed by atoms with E-state index in [0.717, 1.165) is 23.8 Å². The number of hydrogen-bond donors (Lipinski definition) is 1. The highest BCUT2D eigenvalue weighted by molar-refractivity contribution is 5.20. The maximum Gasteiger partial charge on any atom is 0.126 e. The number of aliphatic hydroxyl groups is 1. The fourth-order valence-corrected chi connectivity index (χ4v) is 2.05. The van der Waals surface area contributed by atoms with Gasteiger partial charge in [0.15, 0.2) is 0 Å². The van der Waals surface area contributed by atoms with Crippen LogP contribution in [0.15, 0.2) is 41.2 Å². The Hall–Kier alpha value is -1.72. The summed E-state index contributed by atoms with van der Waals surface area (Å²) in [5.41, 5.74) is 1.30. The Morgan fingerprint density at radius 1 is 1.25 bits per heavy atom. The Morgan fingerprint density at radius 2 is 1.95 bits per heavy atom. The molecule has 1 atom stereocenters. The molecule has 1 unspecified atom stereocenters. The van der Waals surface area contributed by atoms with Gasteiger partial charge in [0, 0.05) is 24.7 Å². The number of nitrogens with zero attached hydrogens (tertiary/aromatic N) is 1. The summed E-state index contributed by atoms with van der Waals surface area (Å²) in [5.74, 6) is -1.35. The van der Waals surface area contributed by atoms with Crippen LogP contribution < -0.4 is 0 Å². The molecule has 1 aromatic heterocycles. The summed E-state index contributed by atoms with van der Waals surface area (Å²) in [5, 5.41) is 9.97. The Kier molecular flexibility index (Phi) is 4.87. The number of halogens is 2. The molecule has 0 amide bonds. The van der Waals surface area contributed by atoms with Crippen molar-refractivity contribution in [3.63, 3.8) is 0 Å². The van der Waals surface area contributed by atoms with E-state index >= 15 is 0 Å². The first-order valence-electron chi connectivity index (χ1n) is 6.38. The quantitative estimate of drug-likeness (QED) is 0.884. The minimum Gasteiger partial charge on any atom is -0.472 e. The maximum atomic E-state index is 13.1. The number of rotatable bonds is 6. The lowest BCUT2D eigenvalue weighted by Crippen LogP contribution is -2.20. The van der Waals surface area contributed by atoms with Gasteiger partial charge in [0.25, 0.3) is 0 Å². The van der Waals surface area contributed by atoms with Crippen LogP contribution >= 0.6 is 0 Å². The summed E-state index contributed by atoms with van der Waals surface area (Å²) < 4.78 is 31.1. The lowest BCUT2D eigenvalue weighted by atomic mass is 10.1. The SMILES string of the molecule is CN(CCC(O)c1cc(F)cc(F)c1)Cc1ccoc1. The van der Waals surface area contributed by atoms with Gasteiger partial charge in [-0.2, -0.15) is 0 Å². The molecule has 20 heavy (non-hydrogen) atoms. The highest BCUT2D eigenvalue weighted by atomic mass is 19.1. The summed E-state index contributed by atoms with van der Waals surface area (Å²) in [6.07, 6.45) is 2.78. The third-order valence-corrected chi connectivity index (χ3v) is 3.09. The maximum absolute atomic E-state index is 13.1. The Bertz CT molecular complexity index is 523. The molecule has 0 aliphatic carbocycles. The van der Waals surface area contributed by atoms with Crippen molar-refractivity contribution in [1.82, 2.24) is 4.90 Å². The zero-order chi connectivity index (χ0) is 14.5. The fourth-order valence-electron chi connectivity index (χ4n) is 2.05. The molecule has 0 saturated carbocycles. The number of furan rings is 1. The van der Waals surface area contributed by atoms with Crippen LogP contribution in [0.5, 0.6) is 0 Å². The monoisotopic (exact) mass is 281 g/mol. The van der Waals surface area contributed by atoms with Gasteiger partial charge in [-0.05, 0) is 37.2 Å². The second kappa shape index (κ2) is 6.63. The molecule has 0 aliphatic heterocycles. The van der Waals surface area contributed by atoms with Crippen LogP contribution in [0.2, 0.25) is 0 Å². The minimum atomic E-state index is -0.882. The third kappa shape index (κ3) is 4.15. The Morgan fingerprint density at radius 3 is 2.55 bits per heavy atom. The molecule has 0 saturated heterocycles. The Balaban J connectivity index is 1.86. The summed E-state index contributed by atoms with van der Waals surface area (Å²) in [6.45, 7) is 1.30. The summed E-state index contributed by atoms with van der Waals surface area (Å²) in [6, 6.07) is 4.98. The van der Waals surface area contributed by atoms with E-state index in [-0.39, 0.29) is 5.56 Å². The van der Waals surface area contributed by atoms with Gasteiger partial charge in [-0.25, -0.2) is 8.78 Å². The van der Waals surface area contributed by atoms with Crippen molar-refractivity contribution in [1.29, 1.82) is 0 Å². The van der Waals surface area contributed by atoms with Gasteiger partial charge >= 0.3 is 0 Å². The second-order valence-electron chi connectivity index (χ2n) is 4.88. The second-order valence-corrected chi connectivity index (χ2v) is 4.88. The molecule has 1 N–H and O–H groups in total. The molecular weight excluding hydrogens is 264 g/mol. The minimum absolute atomic E-state index is 0.263.